The fraction of sp³-hybridized carbons (Fsp3) is 0.400. The van der Waals surface area contributed by atoms with Gasteiger partial charge in [-0.3, -0.25) is 4.79 Å². The fourth-order valence-electron chi connectivity index (χ4n) is 5.20. The van der Waals surface area contributed by atoms with E-state index in [1.165, 1.54) is 0 Å². The number of hydrogen-bond donors (Lipinski definition) is 1. The van der Waals surface area contributed by atoms with Gasteiger partial charge in [0, 0.05) is 40.8 Å². The van der Waals surface area contributed by atoms with Gasteiger partial charge in [-0.25, -0.2) is 4.79 Å². The SMILES string of the molecule is CCOCCOC(=O)C1=C(C)NC2=C(C(=O)C[C@H](c3ccc(OC)c(OC)c3)C2)[C@H]1c1ccc(SC)cc1. The predicted octanol–water partition coefficient (Wildman–Crippen LogP) is 5.37. The number of carbonyl (C=O) groups excluding carboxylic acids is 2. The van der Waals surface area contributed by atoms with Crippen LogP contribution in [0.4, 0.5) is 0 Å². The summed E-state index contributed by atoms with van der Waals surface area (Å²) in [5.74, 6) is 0.337. The highest BCUT2D eigenvalue weighted by Crippen LogP contribution is 2.46. The number of allylic oxidation sites excluding steroid dienone is 3. The summed E-state index contributed by atoms with van der Waals surface area (Å²) in [6.07, 6.45) is 2.99. The van der Waals surface area contributed by atoms with Crippen molar-refractivity contribution in [3.63, 3.8) is 0 Å². The van der Waals surface area contributed by atoms with Crippen LogP contribution in [0.5, 0.6) is 11.5 Å². The zero-order valence-electron chi connectivity index (χ0n) is 22.6. The lowest BCUT2D eigenvalue weighted by Gasteiger charge is -2.36. The summed E-state index contributed by atoms with van der Waals surface area (Å²) >= 11 is 1.65. The number of ketones is 1. The number of carbonyl (C=O) groups is 2. The number of rotatable bonds is 10. The predicted molar refractivity (Wildman–Crippen MR) is 148 cm³/mol. The molecule has 0 aromatic heterocycles. The van der Waals surface area contributed by atoms with Gasteiger partial charge < -0.3 is 24.3 Å². The van der Waals surface area contributed by atoms with Gasteiger partial charge in [0.05, 0.1) is 26.4 Å². The maximum atomic E-state index is 13.8. The second-order valence-corrected chi connectivity index (χ2v) is 10.1. The molecule has 1 aliphatic carbocycles. The van der Waals surface area contributed by atoms with E-state index in [0.717, 1.165) is 21.7 Å². The van der Waals surface area contributed by atoms with Crippen molar-refractivity contribution in [3.05, 3.63) is 76.1 Å². The first-order valence-electron chi connectivity index (χ1n) is 12.8. The minimum absolute atomic E-state index is 0.0181. The number of esters is 1. The third-order valence-corrected chi connectivity index (χ3v) is 7.78. The largest absolute Gasteiger partial charge is 0.493 e. The number of thioether (sulfide) groups is 1. The summed E-state index contributed by atoms with van der Waals surface area (Å²) in [7, 11) is 3.21. The first-order chi connectivity index (χ1) is 18.4. The summed E-state index contributed by atoms with van der Waals surface area (Å²) in [6.45, 7) is 4.80. The Kier molecular flexibility index (Phi) is 9.17. The minimum Gasteiger partial charge on any atom is -0.493 e. The van der Waals surface area contributed by atoms with Crippen LogP contribution in [0.3, 0.4) is 0 Å². The third-order valence-electron chi connectivity index (χ3n) is 7.04. The van der Waals surface area contributed by atoms with E-state index < -0.39 is 11.9 Å². The second-order valence-electron chi connectivity index (χ2n) is 9.24. The average molecular weight is 538 g/mol. The van der Waals surface area contributed by atoms with E-state index in [4.69, 9.17) is 18.9 Å². The van der Waals surface area contributed by atoms with E-state index in [-0.39, 0.29) is 18.3 Å². The number of methoxy groups -OCH3 is 2. The van der Waals surface area contributed by atoms with Crippen LogP contribution >= 0.6 is 11.8 Å². The molecule has 8 heteroatoms. The normalized spacial score (nSPS) is 19.1. The van der Waals surface area contributed by atoms with E-state index in [1.54, 1.807) is 26.0 Å². The minimum atomic E-state index is -0.499. The van der Waals surface area contributed by atoms with Gasteiger partial charge in [-0.15, -0.1) is 11.8 Å². The van der Waals surface area contributed by atoms with Crippen LogP contribution in [-0.2, 0) is 19.1 Å². The maximum Gasteiger partial charge on any atom is 0.336 e. The number of Topliss-reactive ketones (excluding diaryl/α,β-unsaturated/α-hetero) is 1. The molecule has 2 aromatic rings. The van der Waals surface area contributed by atoms with Gasteiger partial charge in [-0.05, 0) is 67.8 Å². The Hall–Kier alpha value is -3.23. The molecule has 0 fully saturated rings. The van der Waals surface area contributed by atoms with Crippen LogP contribution in [0.15, 0.2) is 69.9 Å². The Morgan fingerprint density at radius 1 is 1.00 bits per heavy atom. The van der Waals surface area contributed by atoms with E-state index in [1.807, 2.05) is 62.6 Å². The molecule has 4 rings (SSSR count). The molecular weight excluding hydrogens is 502 g/mol. The molecule has 0 bridgehead atoms. The maximum absolute atomic E-state index is 13.8. The fourth-order valence-corrected chi connectivity index (χ4v) is 5.61. The quantitative estimate of drug-likeness (QED) is 0.246. The van der Waals surface area contributed by atoms with E-state index in [2.05, 4.69) is 5.32 Å². The Morgan fingerprint density at radius 2 is 1.71 bits per heavy atom. The Balaban J connectivity index is 1.71. The Labute approximate surface area is 228 Å². The second kappa shape index (κ2) is 12.5. The molecule has 2 aliphatic rings. The molecular formula is C30H35NO6S. The van der Waals surface area contributed by atoms with Crippen LogP contribution in [0, 0.1) is 0 Å². The molecule has 0 radical (unpaired) electrons. The van der Waals surface area contributed by atoms with Crippen molar-refractivity contribution < 1.29 is 28.5 Å². The zero-order chi connectivity index (χ0) is 27.2. The van der Waals surface area contributed by atoms with Crippen molar-refractivity contribution in [2.45, 2.75) is 43.4 Å². The van der Waals surface area contributed by atoms with E-state index in [9.17, 15) is 9.59 Å². The first-order valence-corrected chi connectivity index (χ1v) is 14.0. The molecule has 0 spiro atoms. The summed E-state index contributed by atoms with van der Waals surface area (Å²) < 4.78 is 21.8. The third kappa shape index (κ3) is 5.76. The van der Waals surface area contributed by atoms with Crippen LogP contribution in [-0.4, -0.2) is 52.0 Å². The molecule has 202 valence electrons. The molecule has 1 heterocycles. The van der Waals surface area contributed by atoms with Crippen molar-refractivity contribution in [1.29, 1.82) is 0 Å². The van der Waals surface area contributed by atoms with Crippen LogP contribution in [0.25, 0.3) is 0 Å². The summed E-state index contributed by atoms with van der Waals surface area (Å²) in [5.41, 5.74) is 4.56. The van der Waals surface area contributed by atoms with Gasteiger partial charge in [0.2, 0.25) is 0 Å². The molecule has 1 N–H and O–H groups in total. The number of nitrogens with one attached hydrogen (secondary N) is 1. The zero-order valence-corrected chi connectivity index (χ0v) is 23.4. The van der Waals surface area contributed by atoms with Gasteiger partial charge in [-0.2, -0.15) is 0 Å². The van der Waals surface area contributed by atoms with Crippen molar-refractivity contribution in [3.8, 4) is 11.5 Å². The summed E-state index contributed by atoms with van der Waals surface area (Å²) in [5, 5.41) is 3.40. The lowest BCUT2D eigenvalue weighted by molar-refractivity contribution is -0.140. The van der Waals surface area contributed by atoms with Crippen molar-refractivity contribution in [2.75, 3.05) is 40.3 Å². The molecule has 7 nitrogen and oxygen atoms in total. The van der Waals surface area contributed by atoms with Crippen LogP contribution in [0.2, 0.25) is 0 Å². The average Bonchev–Trinajstić information content (AvgIpc) is 2.94. The lowest BCUT2D eigenvalue weighted by atomic mass is 9.71. The molecule has 0 unspecified atom stereocenters. The Morgan fingerprint density at radius 3 is 2.37 bits per heavy atom. The van der Waals surface area contributed by atoms with E-state index >= 15 is 0 Å². The highest BCUT2D eigenvalue weighted by Gasteiger charge is 2.41. The Bertz CT molecular complexity index is 1250. The lowest BCUT2D eigenvalue weighted by Crippen LogP contribution is -2.36. The van der Waals surface area contributed by atoms with Crippen LogP contribution < -0.4 is 14.8 Å². The molecule has 0 saturated heterocycles. The standard InChI is InChI=1S/C30H35NO6S/c1-6-36-13-14-37-30(33)27-18(2)31-23-15-21(20-9-12-25(34-3)26(17-20)35-4)16-24(32)29(23)28(27)19-7-10-22(38-5)11-8-19/h7-12,17,21,28,31H,6,13-16H2,1-5H3/t21-,28+/m1/s1. The van der Waals surface area contributed by atoms with Gasteiger partial charge in [0.1, 0.15) is 6.61 Å². The highest BCUT2D eigenvalue weighted by atomic mass is 32.2. The first kappa shape index (κ1) is 27.8. The van der Waals surface area contributed by atoms with Gasteiger partial charge in [-0.1, -0.05) is 18.2 Å². The highest BCUT2D eigenvalue weighted by molar-refractivity contribution is 7.98. The van der Waals surface area contributed by atoms with Crippen molar-refractivity contribution in [2.24, 2.45) is 0 Å². The smallest absolute Gasteiger partial charge is 0.336 e. The molecule has 0 amide bonds. The van der Waals surface area contributed by atoms with Crippen molar-refractivity contribution in [1.82, 2.24) is 5.32 Å². The van der Waals surface area contributed by atoms with Gasteiger partial charge >= 0.3 is 5.97 Å². The summed E-state index contributed by atoms with van der Waals surface area (Å²) in [4.78, 5) is 28.3. The molecule has 0 saturated carbocycles. The van der Waals surface area contributed by atoms with Gasteiger partial charge in [0.25, 0.3) is 0 Å². The molecule has 2 atom stereocenters. The summed E-state index contributed by atoms with van der Waals surface area (Å²) in [6, 6.07) is 13.8. The number of hydrogen-bond acceptors (Lipinski definition) is 8. The molecule has 38 heavy (non-hydrogen) atoms. The number of ether oxygens (including phenoxy) is 4. The van der Waals surface area contributed by atoms with E-state index in [0.29, 0.717) is 54.4 Å². The van der Waals surface area contributed by atoms with Gasteiger partial charge in [0.15, 0.2) is 17.3 Å². The molecule has 2 aromatic carbocycles. The number of dihydropyridines is 1. The van der Waals surface area contributed by atoms with Crippen LogP contribution in [0.1, 0.15) is 49.7 Å². The molecule has 1 aliphatic heterocycles. The number of benzene rings is 2. The van der Waals surface area contributed by atoms with Crippen molar-refractivity contribution >= 4 is 23.5 Å². The monoisotopic (exact) mass is 537 g/mol. The topological polar surface area (TPSA) is 83.1 Å².